The summed E-state index contributed by atoms with van der Waals surface area (Å²) in [5, 5.41) is 6.81. The monoisotopic (exact) mass is 207 g/mol. The van der Waals surface area contributed by atoms with E-state index in [1.54, 1.807) is 0 Å². The summed E-state index contributed by atoms with van der Waals surface area (Å²) in [5.41, 5.74) is 0. The number of hydrogen-bond acceptors (Lipinski definition) is 1. The maximum atomic E-state index is 4.24. The Kier molecular flexibility index (Phi) is 3.64. The van der Waals surface area contributed by atoms with E-state index in [0.717, 1.165) is 31.3 Å². The van der Waals surface area contributed by atoms with Crippen molar-refractivity contribution in [2.75, 3.05) is 13.6 Å². The number of aliphatic imine (C=N–C) groups is 1. The molecule has 0 radical (unpaired) electrons. The van der Waals surface area contributed by atoms with Gasteiger partial charge in [-0.1, -0.05) is 25.0 Å². The van der Waals surface area contributed by atoms with Crippen LogP contribution in [-0.4, -0.2) is 25.6 Å². The van der Waals surface area contributed by atoms with E-state index >= 15 is 0 Å². The first-order chi connectivity index (χ1) is 7.38. The van der Waals surface area contributed by atoms with Gasteiger partial charge in [0.2, 0.25) is 0 Å². The van der Waals surface area contributed by atoms with E-state index in [1.165, 1.54) is 19.3 Å². The van der Waals surface area contributed by atoms with Crippen molar-refractivity contribution in [1.82, 2.24) is 10.6 Å². The molecule has 0 aromatic carbocycles. The second-order valence-corrected chi connectivity index (χ2v) is 4.52. The van der Waals surface area contributed by atoms with Gasteiger partial charge in [0.05, 0.1) is 0 Å². The molecule has 0 bridgehead atoms. The van der Waals surface area contributed by atoms with Crippen LogP contribution < -0.4 is 10.6 Å². The maximum Gasteiger partial charge on any atom is 0.191 e. The van der Waals surface area contributed by atoms with E-state index in [0.29, 0.717) is 6.04 Å². The van der Waals surface area contributed by atoms with E-state index in [1.807, 2.05) is 7.05 Å². The van der Waals surface area contributed by atoms with Gasteiger partial charge in [0.1, 0.15) is 0 Å². The molecule has 1 saturated carbocycles. The smallest absolute Gasteiger partial charge is 0.191 e. The Morgan fingerprint density at radius 1 is 1.33 bits per heavy atom. The van der Waals surface area contributed by atoms with Gasteiger partial charge in [-0.05, 0) is 25.2 Å². The highest BCUT2D eigenvalue weighted by Gasteiger charge is 2.20. The molecule has 3 nitrogen and oxygen atoms in total. The molecule has 0 amide bonds. The molecule has 2 rings (SSSR count). The van der Waals surface area contributed by atoms with Crippen LogP contribution in [0.1, 0.15) is 32.1 Å². The fourth-order valence-corrected chi connectivity index (χ4v) is 1.92. The topological polar surface area (TPSA) is 36.4 Å². The van der Waals surface area contributed by atoms with Crippen LogP contribution in [0.4, 0.5) is 0 Å². The number of guanidine groups is 1. The first kappa shape index (κ1) is 10.5. The van der Waals surface area contributed by atoms with Crippen LogP contribution in [0.2, 0.25) is 0 Å². The van der Waals surface area contributed by atoms with Gasteiger partial charge in [-0.15, -0.1) is 0 Å². The third-order valence-corrected chi connectivity index (χ3v) is 3.11. The third kappa shape index (κ3) is 3.57. The maximum absolute atomic E-state index is 4.24. The second-order valence-electron chi connectivity index (χ2n) is 4.52. The predicted octanol–water partition coefficient (Wildman–Crippen LogP) is 1.67. The fourth-order valence-electron chi connectivity index (χ4n) is 1.92. The Hall–Kier alpha value is -0.990. The minimum absolute atomic E-state index is 0.553. The van der Waals surface area contributed by atoms with Crippen LogP contribution in [0.25, 0.3) is 0 Å². The Morgan fingerprint density at radius 2 is 2.07 bits per heavy atom. The summed E-state index contributed by atoms with van der Waals surface area (Å²) in [6, 6.07) is 0.553. The molecule has 0 aromatic heterocycles. The molecule has 0 aliphatic heterocycles. The molecule has 0 aromatic rings. The highest BCUT2D eigenvalue weighted by molar-refractivity contribution is 5.80. The summed E-state index contributed by atoms with van der Waals surface area (Å²) in [4.78, 5) is 4.24. The van der Waals surface area contributed by atoms with E-state index in [-0.39, 0.29) is 0 Å². The number of hydrogen-bond donors (Lipinski definition) is 2. The Bertz CT molecular complexity index is 246. The van der Waals surface area contributed by atoms with E-state index in [2.05, 4.69) is 27.8 Å². The molecule has 2 N–H and O–H groups in total. The van der Waals surface area contributed by atoms with Crippen molar-refractivity contribution in [3.05, 3.63) is 12.2 Å². The van der Waals surface area contributed by atoms with Crippen molar-refractivity contribution in [3.8, 4) is 0 Å². The van der Waals surface area contributed by atoms with Crippen molar-refractivity contribution in [2.45, 2.75) is 38.1 Å². The molecule has 1 fully saturated rings. The largest absolute Gasteiger partial charge is 0.356 e. The average molecular weight is 207 g/mol. The molecule has 2 aliphatic carbocycles. The molecule has 0 heterocycles. The summed E-state index contributed by atoms with van der Waals surface area (Å²) >= 11 is 0. The number of nitrogens with one attached hydrogen (secondary N) is 2. The standard InChI is InChI=1S/C12H21N3/c1-13-12(14-9-8-10-6-7-10)15-11-4-2-3-5-11/h2-3,10-11H,4-9H2,1H3,(H2,13,14,15). The minimum Gasteiger partial charge on any atom is -0.356 e. The number of rotatable bonds is 4. The Labute approximate surface area is 92.0 Å². The van der Waals surface area contributed by atoms with Crippen molar-refractivity contribution in [3.63, 3.8) is 0 Å². The zero-order chi connectivity index (χ0) is 10.5. The van der Waals surface area contributed by atoms with Gasteiger partial charge in [-0.3, -0.25) is 4.99 Å². The molecule has 0 atom stereocenters. The van der Waals surface area contributed by atoms with Gasteiger partial charge in [-0.2, -0.15) is 0 Å². The highest BCUT2D eigenvalue weighted by Crippen LogP contribution is 2.31. The minimum atomic E-state index is 0.553. The van der Waals surface area contributed by atoms with Crippen molar-refractivity contribution in [1.29, 1.82) is 0 Å². The highest BCUT2D eigenvalue weighted by atomic mass is 15.2. The van der Waals surface area contributed by atoms with Gasteiger partial charge in [0.15, 0.2) is 5.96 Å². The molecule has 2 aliphatic rings. The lowest BCUT2D eigenvalue weighted by Gasteiger charge is -2.16. The van der Waals surface area contributed by atoms with Crippen LogP contribution in [0.3, 0.4) is 0 Å². The van der Waals surface area contributed by atoms with Crippen LogP contribution in [-0.2, 0) is 0 Å². The van der Waals surface area contributed by atoms with E-state index in [9.17, 15) is 0 Å². The molecular weight excluding hydrogens is 186 g/mol. The molecule has 0 spiro atoms. The van der Waals surface area contributed by atoms with Gasteiger partial charge < -0.3 is 10.6 Å². The quantitative estimate of drug-likeness (QED) is 0.418. The third-order valence-electron chi connectivity index (χ3n) is 3.11. The molecule has 15 heavy (non-hydrogen) atoms. The van der Waals surface area contributed by atoms with Gasteiger partial charge in [0, 0.05) is 19.6 Å². The van der Waals surface area contributed by atoms with Gasteiger partial charge in [-0.25, -0.2) is 0 Å². The summed E-state index contributed by atoms with van der Waals surface area (Å²) in [6.07, 6.45) is 10.9. The lowest BCUT2D eigenvalue weighted by molar-refractivity contribution is 0.621. The summed E-state index contributed by atoms with van der Waals surface area (Å²) in [5.74, 6) is 1.95. The first-order valence-corrected chi connectivity index (χ1v) is 6.00. The van der Waals surface area contributed by atoms with Crippen molar-refractivity contribution in [2.24, 2.45) is 10.9 Å². The SMILES string of the molecule is CN=C(NCCC1CC1)NC1CC=CC1. The van der Waals surface area contributed by atoms with Crippen LogP contribution >= 0.6 is 0 Å². The second kappa shape index (κ2) is 5.19. The molecule has 3 heteroatoms. The lowest BCUT2D eigenvalue weighted by Crippen LogP contribution is -2.42. The van der Waals surface area contributed by atoms with Crippen molar-refractivity contribution < 1.29 is 0 Å². The first-order valence-electron chi connectivity index (χ1n) is 6.00. The molecular formula is C12H21N3. The molecule has 0 saturated heterocycles. The number of nitrogens with zero attached hydrogens (tertiary/aromatic N) is 1. The summed E-state index contributed by atoms with van der Waals surface area (Å²) in [6.45, 7) is 1.06. The van der Waals surface area contributed by atoms with Gasteiger partial charge >= 0.3 is 0 Å². The van der Waals surface area contributed by atoms with Crippen LogP contribution in [0.5, 0.6) is 0 Å². The van der Waals surface area contributed by atoms with E-state index in [4.69, 9.17) is 0 Å². The molecule has 84 valence electrons. The van der Waals surface area contributed by atoms with E-state index < -0.39 is 0 Å². The normalized spacial score (nSPS) is 22.1. The lowest BCUT2D eigenvalue weighted by atomic mass is 10.2. The van der Waals surface area contributed by atoms with Gasteiger partial charge in [0.25, 0.3) is 0 Å². The predicted molar refractivity (Wildman–Crippen MR) is 64.0 cm³/mol. The van der Waals surface area contributed by atoms with Crippen LogP contribution in [0, 0.1) is 5.92 Å². The van der Waals surface area contributed by atoms with Crippen LogP contribution in [0.15, 0.2) is 17.1 Å². The zero-order valence-electron chi connectivity index (χ0n) is 9.50. The fraction of sp³-hybridized carbons (Fsp3) is 0.750. The Balaban J connectivity index is 1.62. The average Bonchev–Trinajstić information content (AvgIpc) is 2.93. The van der Waals surface area contributed by atoms with Crippen molar-refractivity contribution >= 4 is 5.96 Å². The summed E-state index contributed by atoms with van der Waals surface area (Å²) < 4.78 is 0. The Morgan fingerprint density at radius 3 is 2.67 bits per heavy atom. The summed E-state index contributed by atoms with van der Waals surface area (Å²) in [7, 11) is 1.84. The zero-order valence-corrected chi connectivity index (χ0v) is 9.50. The molecule has 0 unspecified atom stereocenters.